The Labute approximate surface area is 133 Å². The number of fused-ring (bicyclic) bond motifs is 7. The Balaban J connectivity index is 2.13. The second-order valence-corrected chi connectivity index (χ2v) is 6.70. The summed E-state index contributed by atoms with van der Waals surface area (Å²) in [5.41, 5.74) is 0.857. The molecule has 0 saturated carbocycles. The van der Waals surface area contributed by atoms with Crippen molar-refractivity contribution in [1.29, 1.82) is 0 Å². The lowest BCUT2D eigenvalue weighted by Gasteiger charge is -2.05. The van der Waals surface area contributed by atoms with Gasteiger partial charge in [0.1, 0.15) is 7.85 Å². The summed E-state index contributed by atoms with van der Waals surface area (Å²) in [4.78, 5) is 0. The third-order valence-corrected chi connectivity index (χ3v) is 5.60. The first-order valence-corrected chi connectivity index (χ1v) is 8.16. The first-order chi connectivity index (χ1) is 10.8. The number of thiophene rings is 1. The van der Waals surface area contributed by atoms with E-state index < -0.39 is 0 Å². The highest BCUT2D eigenvalue weighted by molar-refractivity contribution is 7.27. The van der Waals surface area contributed by atoms with Crippen molar-refractivity contribution >= 4 is 66.4 Å². The third-order valence-electron chi connectivity index (χ3n) is 4.40. The average Bonchev–Trinajstić information content (AvgIpc) is 2.94. The van der Waals surface area contributed by atoms with Gasteiger partial charge in [-0.05, 0) is 27.6 Å². The summed E-state index contributed by atoms with van der Waals surface area (Å²) in [5, 5.41) is 7.58. The van der Waals surface area contributed by atoms with Crippen molar-refractivity contribution in [2.45, 2.75) is 0 Å². The molecule has 0 bridgehead atoms. The summed E-state index contributed by atoms with van der Waals surface area (Å²) in [6.07, 6.45) is 0. The SMILES string of the molecule is [B]c1cc2c(sc3ccc4ccccc4c32)c2ccccc12. The molecule has 0 spiro atoms. The maximum Gasteiger partial charge on any atom is 0.114 e. The molecule has 0 aliphatic heterocycles. The molecule has 0 fully saturated rings. The summed E-state index contributed by atoms with van der Waals surface area (Å²) in [5.74, 6) is 0. The predicted molar refractivity (Wildman–Crippen MR) is 99.7 cm³/mol. The Bertz CT molecular complexity index is 1180. The van der Waals surface area contributed by atoms with Crippen molar-refractivity contribution < 1.29 is 0 Å². The van der Waals surface area contributed by atoms with E-state index in [2.05, 4.69) is 60.7 Å². The van der Waals surface area contributed by atoms with Crippen LogP contribution in [0, 0.1) is 0 Å². The molecule has 0 nitrogen and oxygen atoms in total. The molecular formula is C20H11BS. The van der Waals surface area contributed by atoms with E-state index in [4.69, 9.17) is 7.85 Å². The molecule has 100 valence electrons. The van der Waals surface area contributed by atoms with Crippen LogP contribution in [-0.4, -0.2) is 7.85 Å². The fourth-order valence-electron chi connectivity index (χ4n) is 3.40. The van der Waals surface area contributed by atoms with Gasteiger partial charge < -0.3 is 0 Å². The number of rotatable bonds is 0. The molecule has 0 atom stereocenters. The van der Waals surface area contributed by atoms with Crippen molar-refractivity contribution in [3.05, 3.63) is 66.7 Å². The highest BCUT2D eigenvalue weighted by Gasteiger charge is 2.12. The molecule has 0 amide bonds. The molecule has 2 radical (unpaired) electrons. The van der Waals surface area contributed by atoms with Gasteiger partial charge in [-0.1, -0.05) is 66.1 Å². The van der Waals surface area contributed by atoms with Gasteiger partial charge in [0.05, 0.1) is 0 Å². The predicted octanol–water partition coefficient (Wildman–Crippen LogP) is 5.15. The summed E-state index contributed by atoms with van der Waals surface area (Å²) < 4.78 is 2.65. The van der Waals surface area contributed by atoms with E-state index >= 15 is 0 Å². The van der Waals surface area contributed by atoms with Crippen LogP contribution in [0.2, 0.25) is 0 Å². The second kappa shape index (κ2) is 4.34. The van der Waals surface area contributed by atoms with Crippen LogP contribution >= 0.6 is 11.3 Å². The lowest BCUT2D eigenvalue weighted by atomic mass is 9.88. The summed E-state index contributed by atoms with van der Waals surface area (Å²) in [6.45, 7) is 0. The largest absolute Gasteiger partial charge is 0.135 e. The molecule has 0 saturated heterocycles. The Hall–Kier alpha value is -2.32. The van der Waals surface area contributed by atoms with Crippen LogP contribution < -0.4 is 5.46 Å². The molecule has 1 aromatic heterocycles. The molecule has 0 aliphatic rings. The van der Waals surface area contributed by atoms with Crippen LogP contribution in [0.1, 0.15) is 0 Å². The fourth-order valence-corrected chi connectivity index (χ4v) is 4.63. The monoisotopic (exact) mass is 294 g/mol. The third kappa shape index (κ3) is 1.53. The van der Waals surface area contributed by atoms with E-state index in [9.17, 15) is 0 Å². The Morgan fingerprint density at radius 1 is 0.682 bits per heavy atom. The van der Waals surface area contributed by atoms with Gasteiger partial charge in [0, 0.05) is 20.2 Å². The molecule has 0 unspecified atom stereocenters. The number of hydrogen-bond acceptors (Lipinski definition) is 1. The minimum atomic E-state index is 0.857. The molecule has 1 heterocycles. The highest BCUT2D eigenvalue weighted by atomic mass is 32.1. The first-order valence-electron chi connectivity index (χ1n) is 7.34. The lowest BCUT2D eigenvalue weighted by molar-refractivity contribution is 1.82. The van der Waals surface area contributed by atoms with Crippen LogP contribution in [0.5, 0.6) is 0 Å². The number of benzene rings is 4. The normalized spacial score (nSPS) is 11.8. The molecule has 2 heteroatoms. The Kier molecular flexibility index (Phi) is 2.42. The quantitative estimate of drug-likeness (QED) is 0.346. The zero-order chi connectivity index (χ0) is 14.7. The van der Waals surface area contributed by atoms with Crippen molar-refractivity contribution in [2.75, 3.05) is 0 Å². The van der Waals surface area contributed by atoms with Gasteiger partial charge in [0.2, 0.25) is 0 Å². The van der Waals surface area contributed by atoms with Crippen LogP contribution in [0.4, 0.5) is 0 Å². The van der Waals surface area contributed by atoms with Crippen LogP contribution in [-0.2, 0) is 0 Å². The summed E-state index contributed by atoms with van der Waals surface area (Å²) in [6, 6.07) is 23.6. The van der Waals surface area contributed by atoms with E-state index in [1.807, 2.05) is 17.4 Å². The first kappa shape index (κ1) is 12.3. The van der Waals surface area contributed by atoms with Gasteiger partial charge in [-0.3, -0.25) is 0 Å². The fraction of sp³-hybridized carbons (Fsp3) is 0. The summed E-state index contributed by atoms with van der Waals surface area (Å²) >= 11 is 1.86. The van der Waals surface area contributed by atoms with Crippen molar-refractivity contribution in [3.8, 4) is 0 Å². The van der Waals surface area contributed by atoms with Crippen molar-refractivity contribution in [2.24, 2.45) is 0 Å². The van der Waals surface area contributed by atoms with Gasteiger partial charge in [-0.2, -0.15) is 0 Å². The molecular weight excluding hydrogens is 283 g/mol. The zero-order valence-electron chi connectivity index (χ0n) is 11.8. The molecule has 0 aliphatic carbocycles. The maximum absolute atomic E-state index is 6.32. The van der Waals surface area contributed by atoms with Gasteiger partial charge in [-0.25, -0.2) is 0 Å². The van der Waals surface area contributed by atoms with E-state index in [1.54, 1.807) is 0 Å². The topological polar surface area (TPSA) is 0 Å². The smallest absolute Gasteiger partial charge is 0.114 e. The van der Waals surface area contributed by atoms with Crippen LogP contribution in [0.25, 0.3) is 41.7 Å². The minimum Gasteiger partial charge on any atom is -0.135 e. The van der Waals surface area contributed by atoms with E-state index in [0.29, 0.717) is 0 Å². The van der Waals surface area contributed by atoms with Crippen LogP contribution in [0.3, 0.4) is 0 Å². The highest BCUT2D eigenvalue weighted by Crippen LogP contribution is 2.40. The standard InChI is InChI=1S/C20H11BS/c21-17-11-16-19-13-6-2-1-5-12(13)9-10-18(19)22-20(16)15-8-4-3-7-14(15)17/h1-11H. The lowest BCUT2D eigenvalue weighted by Crippen LogP contribution is -2.02. The molecule has 5 rings (SSSR count). The average molecular weight is 294 g/mol. The molecule has 5 aromatic rings. The molecule has 4 aromatic carbocycles. The van der Waals surface area contributed by atoms with E-state index in [1.165, 1.54) is 36.3 Å². The maximum atomic E-state index is 6.32. The van der Waals surface area contributed by atoms with Gasteiger partial charge >= 0.3 is 0 Å². The Morgan fingerprint density at radius 2 is 1.41 bits per heavy atom. The Morgan fingerprint density at radius 3 is 2.27 bits per heavy atom. The van der Waals surface area contributed by atoms with E-state index in [-0.39, 0.29) is 0 Å². The van der Waals surface area contributed by atoms with Gasteiger partial charge in [-0.15, -0.1) is 11.3 Å². The van der Waals surface area contributed by atoms with Crippen molar-refractivity contribution in [1.82, 2.24) is 0 Å². The van der Waals surface area contributed by atoms with Gasteiger partial charge in [0.25, 0.3) is 0 Å². The van der Waals surface area contributed by atoms with E-state index in [0.717, 1.165) is 10.8 Å². The van der Waals surface area contributed by atoms with Crippen LogP contribution in [0.15, 0.2) is 66.7 Å². The van der Waals surface area contributed by atoms with Crippen molar-refractivity contribution in [3.63, 3.8) is 0 Å². The zero-order valence-corrected chi connectivity index (χ0v) is 12.7. The molecule has 0 N–H and O–H groups in total. The molecule has 22 heavy (non-hydrogen) atoms. The minimum absolute atomic E-state index is 0.857. The number of hydrogen-bond donors (Lipinski definition) is 0. The van der Waals surface area contributed by atoms with Gasteiger partial charge in [0.15, 0.2) is 0 Å². The summed E-state index contributed by atoms with van der Waals surface area (Å²) in [7, 11) is 6.32. The second-order valence-electron chi connectivity index (χ2n) is 5.65.